The number of nitrogens with zero attached hydrogens (tertiary/aromatic N) is 4. The second kappa shape index (κ2) is 8.55. The molecule has 1 aromatic heterocycles. The van der Waals surface area contributed by atoms with Crippen molar-refractivity contribution in [3.05, 3.63) is 24.0 Å². The minimum absolute atomic E-state index is 0.236. The van der Waals surface area contributed by atoms with Crippen molar-refractivity contribution in [2.75, 3.05) is 37.2 Å². The lowest BCUT2D eigenvalue weighted by Crippen LogP contribution is -2.50. The first-order valence-electron chi connectivity index (χ1n) is 10.7. The summed E-state index contributed by atoms with van der Waals surface area (Å²) in [7, 11) is -1.33. The molecule has 1 N–H and O–H groups in total. The highest BCUT2D eigenvalue weighted by Crippen LogP contribution is 2.26. The fourth-order valence-corrected chi connectivity index (χ4v) is 5.16. The number of fused-ring (bicyclic) bond motifs is 1. The number of carbonyl (C=O) groups is 1. The fraction of sp³-hybridized carbons (Fsp3) is 0.619. The first-order valence-corrected chi connectivity index (χ1v) is 12.6. The molecule has 4 rings (SSSR count). The fourth-order valence-electron chi connectivity index (χ4n) is 4.60. The van der Waals surface area contributed by atoms with E-state index in [2.05, 4.69) is 14.2 Å². The Kier molecular flexibility index (Phi) is 6.02. The maximum absolute atomic E-state index is 12.8. The zero-order valence-electron chi connectivity index (χ0n) is 17.8. The standard InChI is InChI=1S/C21H31N5O3S/c1-24-19-9-8-17(23-30(2,28)29)14-18(19)22-20(24)15-25-10-12-26(13-11-25)21(27)16-6-4-3-5-7-16/h8-9,14,16,23H,3-7,10-13,15H2,1-2H3. The molecular weight excluding hydrogens is 402 g/mol. The molecule has 1 amide bonds. The van der Waals surface area contributed by atoms with Crippen molar-refractivity contribution < 1.29 is 13.2 Å². The average molecular weight is 434 g/mol. The Morgan fingerprint density at radius 2 is 1.83 bits per heavy atom. The van der Waals surface area contributed by atoms with Gasteiger partial charge in [-0.3, -0.25) is 14.4 Å². The highest BCUT2D eigenvalue weighted by Gasteiger charge is 2.28. The van der Waals surface area contributed by atoms with Crippen LogP contribution in [-0.4, -0.2) is 66.1 Å². The van der Waals surface area contributed by atoms with E-state index in [1.54, 1.807) is 12.1 Å². The van der Waals surface area contributed by atoms with Gasteiger partial charge in [-0.25, -0.2) is 13.4 Å². The van der Waals surface area contributed by atoms with Gasteiger partial charge in [-0.1, -0.05) is 19.3 Å². The number of aryl methyl sites for hydroxylation is 1. The van der Waals surface area contributed by atoms with Gasteiger partial charge < -0.3 is 9.47 Å². The van der Waals surface area contributed by atoms with E-state index >= 15 is 0 Å². The van der Waals surface area contributed by atoms with E-state index in [0.717, 1.165) is 62.1 Å². The van der Waals surface area contributed by atoms with Crippen molar-refractivity contribution in [3.63, 3.8) is 0 Å². The van der Waals surface area contributed by atoms with Gasteiger partial charge in [0.2, 0.25) is 15.9 Å². The second-order valence-corrected chi connectivity index (χ2v) is 10.3. The number of anilines is 1. The number of nitrogens with one attached hydrogen (secondary N) is 1. The molecule has 1 aliphatic carbocycles. The number of imidazole rings is 1. The van der Waals surface area contributed by atoms with Crippen LogP contribution in [0.25, 0.3) is 11.0 Å². The van der Waals surface area contributed by atoms with Gasteiger partial charge in [0.25, 0.3) is 0 Å². The van der Waals surface area contributed by atoms with Crippen LogP contribution in [0.2, 0.25) is 0 Å². The molecule has 2 heterocycles. The summed E-state index contributed by atoms with van der Waals surface area (Å²) >= 11 is 0. The van der Waals surface area contributed by atoms with E-state index in [0.29, 0.717) is 18.1 Å². The zero-order chi connectivity index (χ0) is 21.3. The Morgan fingerprint density at radius 3 is 2.50 bits per heavy atom. The van der Waals surface area contributed by atoms with Gasteiger partial charge >= 0.3 is 0 Å². The third-order valence-electron chi connectivity index (χ3n) is 6.28. The van der Waals surface area contributed by atoms with Gasteiger partial charge in [-0.2, -0.15) is 0 Å². The Balaban J connectivity index is 1.38. The SMILES string of the molecule is Cn1c(CN2CCN(C(=O)C3CCCCC3)CC2)nc2cc(NS(C)(=O)=O)ccc21. The van der Waals surface area contributed by atoms with Crippen LogP contribution in [0.3, 0.4) is 0 Å². The van der Waals surface area contributed by atoms with Gasteiger partial charge in [0.1, 0.15) is 5.82 Å². The van der Waals surface area contributed by atoms with Gasteiger partial charge in [0.05, 0.1) is 29.5 Å². The summed E-state index contributed by atoms with van der Waals surface area (Å²) in [6, 6.07) is 5.41. The summed E-state index contributed by atoms with van der Waals surface area (Å²) in [4.78, 5) is 21.9. The first kappa shape index (κ1) is 21.1. The number of amides is 1. The van der Waals surface area contributed by atoms with Crippen LogP contribution in [0.1, 0.15) is 37.9 Å². The number of aromatic nitrogens is 2. The maximum atomic E-state index is 12.8. The lowest BCUT2D eigenvalue weighted by atomic mass is 9.88. The number of hydrogen-bond acceptors (Lipinski definition) is 5. The molecule has 1 aromatic carbocycles. The van der Waals surface area contributed by atoms with Crippen LogP contribution in [0.4, 0.5) is 5.69 Å². The Morgan fingerprint density at radius 1 is 1.13 bits per heavy atom. The molecule has 0 atom stereocenters. The van der Waals surface area contributed by atoms with Crippen LogP contribution < -0.4 is 4.72 Å². The summed E-state index contributed by atoms with van der Waals surface area (Å²) in [5, 5.41) is 0. The largest absolute Gasteiger partial charge is 0.340 e. The number of rotatable bonds is 5. The molecule has 0 radical (unpaired) electrons. The summed E-state index contributed by atoms with van der Waals surface area (Å²) in [5.74, 6) is 1.52. The highest BCUT2D eigenvalue weighted by atomic mass is 32.2. The molecule has 2 aliphatic rings. The second-order valence-electron chi connectivity index (χ2n) is 8.60. The molecule has 1 saturated carbocycles. The number of carbonyl (C=O) groups excluding carboxylic acids is 1. The lowest BCUT2D eigenvalue weighted by molar-refractivity contribution is -0.138. The van der Waals surface area contributed by atoms with Crippen LogP contribution in [0, 0.1) is 5.92 Å². The molecule has 164 valence electrons. The molecule has 0 bridgehead atoms. The maximum Gasteiger partial charge on any atom is 0.229 e. The minimum Gasteiger partial charge on any atom is -0.340 e. The quantitative estimate of drug-likeness (QED) is 0.781. The van der Waals surface area contributed by atoms with E-state index < -0.39 is 10.0 Å². The van der Waals surface area contributed by atoms with Gasteiger partial charge in [-0.05, 0) is 31.0 Å². The van der Waals surface area contributed by atoms with E-state index in [1.807, 2.05) is 18.0 Å². The third kappa shape index (κ3) is 4.78. The Bertz CT molecular complexity index is 1020. The van der Waals surface area contributed by atoms with Gasteiger partial charge in [0, 0.05) is 39.1 Å². The molecule has 2 aromatic rings. The molecule has 8 nitrogen and oxygen atoms in total. The molecule has 30 heavy (non-hydrogen) atoms. The van der Waals surface area contributed by atoms with Crippen LogP contribution >= 0.6 is 0 Å². The smallest absolute Gasteiger partial charge is 0.229 e. The van der Waals surface area contributed by atoms with Gasteiger partial charge in [-0.15, -0.1) is 0 Å². The van der Waals surface area contributed by atoms with Crippen LogP contribution in [0.15, 0.2) is 18.2 Å². The van der Waals surface area contributed by atoms with Crippen molar-refractivity contribution in [1.82, 2.24) is 19.4 Å². The third-order valence-corrected chi connectivity index (χ3v) is 6.89. The van der Waals surface area contributed by atoms with E-state index in [4.69, 9.17) is 4.98 Å². The summed E-state index contributed by atoms with van der Waals surface area (Å²) in [6.07, 6.45) is 6.88. The molecule has 2 fully saturated rings. The number of sulfonamides is 1. The van der Waals surface area contributed by atoms with E-state index in [1.165, 1.54) is 19.3 Å². The molecule has 0 spiro atoms. The summed E-state index contributed by atoms with van der Waals surface area (Å²) in [6.45, 7) is 3.97. The molecule has 9 heteroatoms. The predicted molar refractivity (Wildman–Crippen MR) is 118 cm³/mol. The molecule has 1 saturated heterocycles. The number of hydrogen-bond donors (Lipinski definition) is 1. The summed E-state index contributed by atoms with van der Waals surface area (Å²) < 4.78 is 27.5. The van der Waals surface area contributed by atoms with Crippen molar-refractivity contribution in [3.8, 4) is 0 Å². The number of benzene rings is 1. The lowest BCUT2D eigenvalue weighted by Gasteiger charge is -2.37. The van der Waals surface area contributed by atoms with E-state index in [-0.39, 0.29) is 5.92 Å². The monoisotopic (exact) mass is 433 g/mol. The molecular formula is C21H31N5O3S. The van der Waals surface area contributed by atoms with Crippen molar-refractivity contribution >= 4 is 32.7 Å². The molecule has 0 unspecified atom stereocenters. The predicted octanol–water partition coefficient (Wildman–Crippen LogP) is 2.17. The summed E-state index contributed by atoms with van der Waals surface area (Å²) in [5.41, 5.74) is 2.26. The number of piperazine rings is 1. The zero-order valence-corrected chi connectivity index (χ0v) is 18.6. The first-order chi connectivity index (χ1) is 14.3. The normalized spacial score (nSPS) is 19.3. The van der Waals surface area contributed by atoms with Gasteiger partial charge in [0.15, 0.2) is 0 Å². The van der Waals surface area contributed by atoms with Crippen LogP contribution in [0.5, 0.6) is 0 Å². The van der Waals surface area contributed by atoms with Crippen LogP contribution in [-0.2, 0) is 28.4 Å². The molecule has 1 aliphatic heterocycles. The van der Waals surface area contributed by atoms with Crippen molar-refractivity contribution in [2.45, 2.75) is 38.6 Å². The Labute approximate surface area is 178 Å². The minimum atomic E-state index is -3.32. The van der Waals surface area contributed by atoms with Crippen molar-refractivity contribution in [2.24, 2.45) is 13.0 Å². The van der Waals surface area contributed by atoms with Crippen molar-refractivity contribution in [1.29, 1.82) is 0 Å². The highest BCUT2D eigenvalue weighted by molar-refractivity contribution is 7.92. The van der Waals surface area contributed by atoms with E-state index in [9.17, 15) is 13.2 Å². The average Bonchev–Trinajstić information content (AvgIpc) is 3.02. The topological polar surface area (TPSA) is 87.5 Å². The Hall–Kier alpha value is -2.13.